The van der Waals surface area contributed by atoms with Gasteiger partial charge in [-0.3, -0.25) is 4.79 Å². The maximum Gasteiger partial charge on any atom is 0.265 e. The van der Waals surface area contributed by atoms with Crippen LogP contribution in [0, 0.1) is 13.8 Å². The third-order valence-corrected chi connectivity index (χ3v) is 4.20. The number of rotatable bonds is 3. The van der Waals surface area contributed by atoms with E-state index in [4.69, 9.17) is 0 Å². The molecule has 0 aliphatic carbocycles. The molecule has 0 aliphatic rings. The second kappa shape index (κ2) is 5.45. The van der Waals surface area contributed by atoms with E-state index in [1.165, 1.54) is 17.7 Å². The average molecular weight is 299 g/mol. The lowest BCUT2D eigenvalue weighted by molar-refractivity contribution is 0.103. The van der Waals surface area contributed by atoms with Gasteiger partial charge in [0.15, 0.2) is 5.82 Å². The lowest BCUT2D eigenvalue weighted by Crippen LogP contribution is -2.10. The predicted octanol–water partition coefficient (Wildman–Crippen LogP) is 2.59. The van der Waals surface area contributed by atoms with Crippen molar-refractivity contribution in [2.75, 3.05) is 5.32 Å². The van der Waals surface area contributed by atoms with Crippen molar-refractivity contribution in [3.8, 4) is 5.82 Å². The molecule has 0 saturated carbocycles. The summed E-state index contributed by atoms with van der Waals surface area (Å²) < 4.78 is 1.55. The molecule has 0 atom stereocenters. The highest BCUT2D eigenvalue weighted by atomic mass is 32.1. The number of nitrogens with one attached hydrogen (secondary N) is 1. The van der Waals surface area contributed by atoms with Crippen LogP contribution in [0.5, 0.6) is 0 Å². The van der Waals surface area contributed by atoms with Gasteiger partial charge in [0.2, 0.25) is 0 Å². The van der Waals surface area contributed by atoms with Crippen molar-refractivity contribution in [1.29, 1.82) is 0 Å². The van der Waals surface area contributed by atoms with Crippen molar-refractivity contribution < 1.29 is 4.79 Å². The Morgan fingerprint density at radius 3 is 2.76 bits per heavy atom. The highest BCUT2D eigenvalue weighted by Gasteiger charge is 2.11. The van der Waals surface area contributed by atoms with Crippen LogP contribution in [-0.4, -0.2) is 25.7 Å². The Labute approximate surface area is 125 Å². The van der Waals surface area contributed by atoms with Crippen LogP contribution in [0.3, 0.4) is 0 Å². The van der Waals surface area contributed by atoms with Crippen LogP contribution in [0.2, 0.25) is 0 Å². The van der Waals surface area contributed by atoms with Crippen LogP contribution >= 0.6 is 11.3 Å². The third kappa shape index (κ3) is 2.82. The molecule has 21 heavy (non-hydrogen) atoms. The number of carbonyl (C=O) groups is 1. The number of carbonyl (C=O) groups excluding carboxylic acids is 1. The standard InChI is InChI=1S/C14H13N5OS/c1-9-5-12(21-10(9)2)14(20)18-11-3-4-13(16-6-11)19-8-15-7-17-19/h3-8H,1-2H3,(H,18,20). The van der Waals surface area contributed by atoms with Gasteiger partial charge in [-0.25, -0.2) is 14.6 Å². The van der Waals surface area contributed by atoms with E-state index in [0.717, 1.165) is 10.4 Å². The third-order valence-electron chi connectivity index (χ3n) is 3.05. The molecule has 3 heterocycles. The monoisotopic (exact) mass is 299 g/mol. The molecule has 3 aromatic rings. The van der Waals surface area contributed by atoms with Gasteiger partial charge in [0.25, 0.3) is 5.91 Å². The second-order valence-corrected chi connectivity index (χ2v) is 5.81. The van der Waals surface area contributed by atoms with Crippen molar-refractivity contribution in [2.45, 2.75) is 13.8 Å². The zero-order valence-electron chi connectivity index (χ0n) is 11.6. The minimum Gasteiger partial charge on any atom is -0.320 e. The molecular formula is C14H13N5OS. The number of thiophene rings is 1. The fourth-order valence-electron chi connectivity index (χ4n) is 1.80. The van der Waals surface area contributed by atoms with E-state index >= 15 is 0 Å². The number of hydrogen-bond donors (Lipinski definition) is 1. The summed E-state index contributed by atoms with van der Waals surface area (Å²) in [5.74, 6) is 0.528. The fourth-order valence-corrected chi connectivity index (χ4v) is 2.73. The largest absolute Gasteiger partial charge is 0.320 e. The first-order valence-electron chi connectivity index (χ1n) is 6.33. The first-order valence-corrected chi connectivity index (χ1v) is 7.14. The van der Waals surface area contributed by atoms with E-state index in [1.54, 1.807) is 29.3 Å². The second-order valence-electron chi connectivity index (χ2n) is 4.55. The van der Waals surface area contributed by atoms with Crippen molar-refractivity contribution in [1.82, 2.24) is 19.7 Å². The van der Waals surface area contributed by atoms with Gasteiger partial charge < -0.3 is 5.32 Å². The maximum absolute atomic E-state index is 12.1. The summed E-state index contributed by atoms with van der Waals surface area (Å²) in [6.45, 7) is 4.00. The van der Waals surface area contributed by atoms with Crippen LogP contribution in [-0.2, 0) is 0 Å². The maximum atomic E-state index is 12.1. The molecule has 7 heteroatoms. The molecule has 1 N–H and O–H groups in total. The Bertz CT molecular complexity index is 742. The van der Waals surface area contributed by atoms with E-state index < -0.39 is 0 Å². The molecule has 0 radical (unpaired) electrons. The molecule has 0 aliphatic heterocycles. The van der Waals surface area contributed by atoms with Gasteiger partial charge >= 0.3 is 0 Å². The molecule has 0 saturated heterocycles. The Kier molecular flexibility index (Phi) is 3.49. The fraction of sp³-hybridized carbons (Fsp3) is 0.143. The molecule has 106 valence electrons. The summed E-state index contributed by atoms with van der Waals surface area (Å²) >= 11 is 1.49. The van der Waals surface area contributed by atoms with Gasteiger partial charge in [-0.15, -0.1) is 11.3 Å². The molecule has 6 nitrogen and oxygen atoms in total. The first-order chi connectivity index (χ1) is 10.1. The van der Waals surface area contributed by atoms with Gasteiger partial charge in [0.1, 0.15) is 12.7 Å². The van der Waals surface area contributed by atoms with Crippen LogP contribution in [0.1, 0.15) is 20.1 Å². The normalized spacial score (nSPS) is 10.6. The zero-order valence-corrected chi connectivity index (χ0v) is 12.4. The molecule has 0 spiro atoms. The van der Waals surface area contributed by atoms with Gasteiger partial charge in [0, 0.05) is 4.88 Å². The number of nitrogens with zero attached hydrogens (tertiary/aromatic N) is 4. The Morgan fingerprint density at radius 2 is 2.19 bits per heavy atom. The Hall–Kier alpha value is -2.54. The Balaban J connectivity index is 1.74. The molecular weight excluding hydrogens is 286 g/mol. The van der Waals surface area contributed by atoms with E-state index in [0.29, 0.717) is 16.4 Å². The summed E-state index contributed by atoms with van der Waals surface area (Å²) in [5.41, 5.74) is 1.78. The summed E-state index contributed by atoms with van der Waals surface area (Å²) in [5, 5.41) is 6.83. The van der Waals surface area contributed by atoms with E-state index in [-0.39, 0.29) is 5.91 Å². The summed E-state index contributed by atoms with van der Waals surface area (Å²) in [4.78, 5) is 22.1. The summed E-state index contributed by atoms with van der Waals surface area (Å²) in [6.07, 6.45) is 4.61. The molecule has 0 bridgehead atoms. The molecule has 3 rings (SSSR count). The number of anilines is 1. The molecule has 0 unspecified atom stereocenters. The number of pyridine rings is 1. The summed E-state index contributed by atoms with van der Waals surface area (Å²) in [7, 11) is 0. The van der Waals surface area contributed by atoms with Crippen molar-refractivity contribution in [3.05, 3.63) is 52.4 Å². The molecule has 0 fully saturated rings. The van der Waals surface area contributed by atoms with Gasteiger partial charge in [-0.2, -0.15) is 5.10 Å². The van der Waals surface area contributed by atoms with E-state index in [2.05, 4.69) is 20.4 Å². The smallest absolute Gasteiger partial charge is 0.265 e. The topological polar surface area (TPSA) is 72.7 Å². The number of aromatic nitrogens is 4. The average Bonchev–Trinajstić information content (AvgIpc) is 3.11. The van der Waals surface area contributed by atoms with Crippen molar-refractivity contribution in [3.63, 3.8) is 0 Å². The van der Waals surface area contributed by atoms with Crippen LogP contribution < -0.4 is 5.32 Å². The summed E-state index contributed by atoms with van der Waals surface area (Å²) in [6, 6.07) is 5.46. The quantitative estimate of drug-likeness (QED) is 0.807. The zero-order chi connectivity index (χ0) is 14.8. The number of aryl methyl sites for hydroxylation is 2. The van der Waals surface area contributed by atoms with Crippen LogP contribution in [0.4, 0.5) is 5.69 Å². The van der Waals surface area contributed by atoms with Crippen LogP contribution in [0.25, 0.3) is 5.82 Å². The Morgan fingerprint density at radius 1 is 1.33 bits per heavy atom. The highest BCUT2D eigenvalue weighted by Crippen LogP contribution is 2.21. The highest BCUT2D eigenvalue weighted by molar-refractivity contribution is 7.14. The molecule has 0 aromatic carbocycles. The molecule has 1 amide bonds. The number of hydrogen-bond acceptors (Lipinski definition) is 5. The van der Waals surface area contributed by atoms with E-state index in [9.17, 15) is 4.79 Å². The predicted molar refractivity (Wildman–Crippen MR) is 80.9 cm³/mol. The van der Waals surface area contributed by atoms with Crippen molar-refractivity contribution in [2.24, 2.45) is 0 Å². The molecule has 3 aromatic heterocycles. The van der Waals surface area contributed by atoms with Gasteiger partial charge in [-0.05, 0) is 37.6 Å². The first kappa shape index (κ1) is 13.4. The lowest BCUT2D eigenvalue weighted by atomic mass is 10.3. The van der Waals surface area contributed by atoms with Crippen LogP contribution in [0.15, 0.2) is 37.1 Å². The number of amides is 1. The minimum atomic E-state index is -0.119. The minimum absolute atomic E-state index is 0.119. The SMILES string of the molecule is Cc1cc(C(=O)Nc2ccc(-n3cncn3)nc2)sc1C. The van der Waals surface area contributed by atoms with E-state index in [1.807, 2.05) is 19.9 Å². The van der Waals surface area contributed by atoms with Gasteiger partial charge in [0.05, 0.1) is 16.8 Å². The lowest BCUT2D eigenvalue weighted by Gasteiger charge is -2.04. The van der Waals surface area contributed by atoms with Gasteiger partial charge in [-0.1, -0.05) is 0 Å². The van der Waals surface area contributed by atoms with Crippen molar-refractivity contribution >= 4 is 22.9 Å².